The fourth-order valence-corrected chi connectivity index (χ4v) is 0.931. The first-order chi connectivity index (χ1) is 5.74. The van der Waals surface area contributed by atoms with Gasteiger partial charge in [0.2, 0.25) is 0 Å². The average Bonchev–Trinajstić information content (AvgIpc) is 2.55. The Hall–Kier alpha value is -1.33. The first-order valence-electron chi connectivity index (χ1n) is 3.62. The first kappa shape index (κ1) is 8.76. The van der Waals surface area contributed by atoms with E-state index in [1.165, 1.54) is 0 Å². The van der Waals surface area contributed by atoms with Crippen LogP contribution in [0.4, 0.5) is 0 Å². The van der Waals surface area contributed by atoms with Gasteiger partial charge < -0.3 is 10.7 Å². The molecule has 0 spiro atoms. The second kappa shape index (κ2) is 3.89. The topological polar surface area (TPSA) is 96.9 Å². The lowest BCUT2D eigenvalue weighted by molar-refractivity contribution is -0.122. The van der Waals surface area contributed by atoms with Gasteiger partial charge in [-0.1, -0.05) is 0 Å². The molecule has 0 aromatic carbocycles. The van der Waals surface area contributed by atoms with Gasteiger partial charge >= 0.3 is 0 Å². The van der Waals surface area contributed by atoms with E-state index in [9.17, 15) is 4.79 Å². The van der Waals surface area contributed by atoms with E-state index < -0.39 is 6.04 Å². The summed E-state index contributed by atoms with van der Waals surface area (Å²) in [7, 11) is 0. The van der Waals surface area contributed by atoms with Gasteiger partial charge in [0.25, 0.3) is 5.91 Å². The minimum absolute atomic E-state index is 0.357. The van der Waals surface area contributed by atoms with Crippen LogP contribution in [0.2, 0.25) is 0 Å². The van der Waals surface area contributed by atoms with E-state index in [1.807, 2.05) is 17.6 Å². The van der Waals surface area contributed by atoms with Crippen LogP contribution < -0.4 is 17.0 Å². The van der Waals surface area contributed by atoms with Crippen molar-refractivity contribution in [2.75, 3.05) is 0 Å². The summed E-state index contributed by atoms with van der Waals surface area (Å²) in [6, 6.07) is 3.13. The van der Waals surface area contributed by atoms with Gasteiger partial charge in [0.15, 0.2) is 0 Å². The van der Waals surface area contributed by atoms with E-state index in [0.717, 1.165) is 5.69 Å². The lowest BCUT2D eigenvalue weighted by Crippen LogP contribution is -2.45. The Morgan fingerprint density at radius 1 is 1.75 bits per heavy atom. The molecule has 0 saturated heterocycles. The summed E-state index contributed by atoms with van der Waals surface area (Å²) in [6.45, 7) is 0. The number of nitrogens with two attached hydrogens (primary N) is 2. The summed E-state index contributed by atoms with van der Waals surface area (Å²) in [6.07, 6.45) is 2.25. The van der Waals surface area contributed by atoms with E-state index in [1.54, 1.807) is 6.20 Å². The molecule has 0 fully saturated rings. The lowest BCUT2D eigenvalue weighted by Gasteiger charge is -2.07. The highest BCUT2D eigenvalue weighted by molar-refractivity contribution is 5.81. The smallest absolute Gasteiger partial charge is 0.251 e. The van der Waals surface area contributed by atoms with Gasteiger partial charge in [-0.05, 0) is 12.1 Å². The second-order valence-corrected chi connectivity index (χ2v) is 2.51. The molecule has 1 amide bonds. The molecule has 0 bridgehead atoms. The lowest BCUT2D eigenvalue weighted by atomic mass is 10.1. The number of H-pyrrole nitrogens is 1. The Labute approximate surface area is 70.1 Å². The Kier molecular flexibility index (Phi) is 2.84. The van der Waals surface area contributed by atoms with Gasteiger partial charge in [0.05, 0.1) is 6.04 Å². The predicted molar refractivity (Wildman–Crippen MR) is 44.8 cm³/mol. The Balaban J connectivity index is 2.47. The summed E-state index contributed by atoms with van der Waals surface area (Å²) in [5, 5.41) is 0. The molecule has 1 aromatic rings. The van der Waals surface area contributed by atoms with E-state index in [-0.39, 0.29) is 5.91 Å². The maximum Gasteiger partial charge on any atom is 0.251 e. The van der Waals surface area contributed by atoms with Crippen molar-refractivity contribution in [2.45, 2.75) is 12.5 Å². The molecule has 5 heteroatoms. The van der Waals surface area contributed by atoms with Crippen LogP contribution in [-0.4, -0.2) is 16.9 Å². The third-order valence-electron chi connectivity index (χ3n) is 1.58. The largest absolute Gasteiger partial charge is 0.365 e. The normalized spacial score (nSPS) is 12.5. The summed E-state index contributed by atoms with van der Waals surface area (Å²) in [5.41, 5.74) is 8.43. The summed E-state index contributed by atoms with van der Waals surface area (Å²) in [4.78, 5) is 13.8. The van der Waals surface area contributed by atoms with Crippen molar-refractivity contribution >= 4 is 5.91 Å². The molecule has 1 unspecified atom stereocenters. The zero-order chi connectivity index (χ0) is 8.97. The minimum atomic E-state index is -0.589. The van der Waals surface area contributed by atoms with Crippen molar-refractivity contribution in [3.05, 3.63) is 24.0 Å². The van der Waals surface area contributed by atoms with Crippen LogP contribution in [0.15, 0.2) is 18.3 Å². The summed E-state index contributed by atoms with van der Waals surface area (Å²) >= 11 is 0. The highest BCUT2D eigenvalue weighted by Gasteiger charge is 2.12. The molecule has 1 heterocycles. The first-order valence-corrected chi connectivity index (χ1v) is 3.62. The van der Waals surface area contributed by atoms with Gasteiger partial charge in [-0.15, -0.1) is 0 Å². The number of rotatable bonds is 3. The average molecular weight is 168 g/mol. The van der Waals surface area contributed by atoms with Crippen molar-refractivity contribution in [3.63, 3.8) is 0 Å². The molecule has 0 aliphatic rings. The number of carbonyl (C=O) groups is 1. The molecule has 1 rings (SSSR count). The molecule has 6 N–H and O–H groups in total. The fourth-order valence-electron chi connectivity index (χ4n) is 0.931. The van der Waals surface area contributed by atoms with Crippen molar-refractivity contribution in [2.24, 2.45) is 11.6 Å². The number of hydrogen-bond acceptors (Lipinski definition) is 3. The number of hydrazine groups is 1. The van der Waals surface area contributed by atoms with Crippen LogP contribution in [0.5, 0.6) is 0 Å². The van der Waals surface area contributed by atoms with Crippen LogP contribution in [0, 0.1) is 0 Å². The number of carbonyl (C=O) groups excluding carboxylic acids is 1. The van der Waals surface area contributed by atoms with Crippen molar-refractivity contribution < 1.29 is 4.79 Å². The van der Waals surface area contributed by atoms with Crippen molar-refractivity contribution in [1.82, 2.24) is 10.4 Å². The van der Waals surface area contributed by atoms with Crippen LogP contribution in [0.3, 0.4) is 0 Å². The third-order valence-corrected chi connectivity index (χ3v) is 1.58. The highest BCUT2D eigenvalue weighted by Crippen LogP contribution is 1.97. The zero-order valence-electron chi connectivity index (χ0n) is 6.58. The summed E-state index contributed by atoms with van der Waals surface area (Å²) in [5.74, 6) is 4.56. The van der Waals surface area contributed by atoms with Gasteiger partial charge in [0.1, 0.15) is 0 Å². The number of aromatic nitrogens is 1. The van der Waals surface area contributed by atoms with Gasteiger partial charge in [-0.3, -0.25) is 10.2 Å². The van der Waals surface area contributed by atoms with Crippen LogP contribution in [0.1, 0.15) is 5.69 Å². The SMILES string of the molecule is NNC(=O)C(N)Cc1ccc[nH]1. The minimum Gasteiger partial charge on any atom is -0.365 e. The Morgan fingerprint density at radius 3 is 3.00 bits per heavy atom. The quantitative estimate of drug-likeness (QED) is 0.261. The van der Waals surface area contributed by atoms with Crippen molar-refractivity contribution in [1.29, 1.82) is 0 Å². The van der Waals surface area contributed by atoms with E-state index in [4.69, 9.17) is 11.6 Å². The predicted octanol–water partition coefficient (Wildman–Crippen LogP) is -1.13. The number of aromatic amines is 1. The number of hydrogen-bond donors (Lipinski definition) is 4. The molecular formula is C7H12N4O. The second-order valence-electron chi connectivity index (χ2n) is 2.51. The van der Waals surface area contributed by atoms with E-state index >= 15 is 0 Å². The molecule has 0 saturated carbocycles. The van der Waals surface area contributed by atoms with Gasteiger partial charge in [0, 0.05) is 18.3 Å². The molecule has 1 aromatic heterocycles. The standard InChI is InChI=1S/C7H12N4O/c8-6(7(12)11-9)4-5-2-1-3-10-5/h1-3,6,10H,4,8-9H2,(H,11,12). The molecule has 0 aliphatic carbocycles. The molecule has 0 radical (unpaired) electrons. The third kappa shape index (κ3) is 2.08. The van der Waals surface area contributed by atoms with E-state index in [2.05, 4.69) is 4.98 Å². The number of nitrogens with one attached hydrogen (secondary N) is 2. The highest BCUT2D eigenvalue weighted by atomic mass is 16.2. The van der Waals surface area contributed by atoms with Crippen molar-refractivity contribution in [3.8, 4) is 0 Å². The van der Waals surface area contributed by atoms with Crippen LogP contribution in [-0.2, 0) is 11.2 Å². The van der Waals surface area contributed by atoms with Crippen LogP contribution in [0.25, 0.3) is 0 Å². The maximum absolute atomic E-state index is 10.9. The molecule has 66 valence electrons. The summed E-state index contributed by atoms with van der Waals surface area (Å²) < 4.78 is 0. The zero-order valence-corrected chi connectivity index (χ0v) is 6.58. The van der Waals surface area contributed by atoms with Gasteiger partial charge in [-0.25, -0.2) is 5.84 Å². The van der Waals surface area contributed by atoms with E-state index in [0.29, 0.717) is 6.42 Å². The molecule has 0 aliphatic heterocycles. The molecular weight excluding hydrogens is 156 g/mol. The molecule has 1 atom stereocenters. The Morgan fingerprint density at radius 2 is 2.50 bits per heavy atom. The Bertz CT molecular complexity index is 244. The molecule has 12 heavy (non-hydrogen) atoms. The van der Waals surface area contributed by atoms with Crippen LogP contribution >= 0.6 is 0 Å². The maximum atomic E-state index is 10.9. The number of amides is 1. The van der Waals surface area contributed by atoms with Gasteiger partial charge in [-0.2, -0.15) is 0 Å². The monoisotopic (exact) mass is 168 g/mol. The fraction of sp³-hybridized carbons (Fsp3) is 0.286. The molecule has 5 nitrogen and oxygen atoms in total.